The normalized spacial score (nSPS) is 16.3. The Balaban J connectivity index is 1.90. The van der Waals surface area contributed by atoms with Crippen LogP contribution in [0.2, 0.25) is 5.02 Å². The molecule has 0 atom stereocenters. The Bertz CT molecular complexity index is 535. The number of anilines is 1. The zero-order valence-corrected chi connectivity index (χ0v) is 11.3. The van der Waals surface area contributed by atoms with Crippen LogP contribution in [0.1, 0.15) is 12.5 Å². The molecule has 0 bridgehead atoms. The highest BCUT2D eigenvalue weighted by atomic mass is 35.5. The number of halogens is 1. The monoisotopic (exact) mass is 279 g/mol. The summed E-state index contributed by atoms with van der Waals surface area (Å²) in [6.45, 7) is 3.44. The molecule has 1 aliphatic rings. The molecule has 5 nitrogen and oxygen atoms in total. The second kappa shape index (κ2) is 5.57. The van der Waals surface area contributed by atoms with Crippen molar-refractivity contribution >= 4 is 23.2 Å². The van der Waals surface area contributed by atoms with E-state index >= 15 is 0 Å². The highest BCUT2D eigenvalue weighted by Gasteiger charge is 2.32. The summed E-state index contributed by atoms with van der Waals surface area (Å²) in [5.41, 5.74) is 0.608. The molecular weight excluding hydrogens is 266 g/mol. The van der Waals surface area contributed by atoms with Crippen LogP contribution in [0.3, 0.4) is 0 Å². The molecule has 0 radical (unpaired) electrons. The highest BCUT2D eigenvalue weighted by Crippen LogP contribution is 2.20. The van der Waals surface area contributed by atoms with Gasteiger partial charge < -0.3 is 15.4 Å². The van der Waals surface area contributed by atoms with Gasteiger partial charge in [-0.1, -0.05) is 11.6 Å². The summed E-state index contributed by atoms with van der Waals surface area (Å²) in [4.78, 5) is 11.7. The van der Waals surface area contributed by atoms with Crippen LogP contribution in [0.5, 0.6) is 0 Å². The number of hydrogen-bond acceptors (Lipinski definition) is 4. The van der Waals surface area contributed by atoms with E-state index in [1.165, 1.54) is 6.07 Å². The molecule has 0 aromatic heterocycles. The van der Waals surface area contributed by atoms with Crippen LogP contribution in [0.4, 0.5) is 5.69 Å². The lowest BCUT2D eigenvalue weighted by Gasteiger charge is -2.38. The van der Waals surface area contributed by atoms with Crippen LogP contribution in [0, 0.1) is 11.3 Å². The largest absolute Gasteiger partial charge is 0.363 e. The number of nitrogens with one attached hydrogen (secondary N) is 2. The molecule has 1 saturated heterocycles. The van der Waals surface area contributed by atoms with Gasteiger partial charge in [0.2, 0.25) is 5.91 Å². The van der Waals surface area contributed by atoms with Crippen molar-refractivity contribution < 1.29 is 9.53 Å². The van der Waals surface area contributed by atoms with Gasteiger partial charge in [0.05, 0.1) is 16.2 Å². The molecule has 1 heterocycles. The van der Waals surface area contributed by atoms with Gasteiger partial charge in [-0.2, -0.15) is 5.26 Å². The fourth-order valence-electron chi connectivity index (χ4n) is 1.70. The zero-order chi connectivity index (χ0) is 13.9. The van der Waals surface area contributed by atoms with E-state index in [4.69, 9.17) is 21.6 Å². The van der Waals surface area contributed by atoms with Gasteiger partial charge in [-0.15, -0.1) is 0 Å². The Hall–Kier alpha value is -1.61. The first-order valence-corrected chi connectivity index (χ1v) is 6.24. The highest BCUT2D eigenvalue weighted by molar-refractivity contribution is 6.31. The first-order chi connectivity index (χ1) is 9.02. The average Bonchev–Trinajstić information content (AvgIpc) is 2.36. The van der Waals surface area contributed by atoms with Crippen LogP contribution in [0.15, 0.2) is 18.2 Å². The summed E-state index contributed by atoms with van der Waals surface area (Å²) in [6.07, 6.45) is 0. The van der Waals surface area contributed by atoms with E-state index in [1.807, 2.05) is 13.0 Å². The fourth-order valence-corrected chi connectivity index (χ4v) is 1.86. The molecule has 19 heavy (non-hydrogen) atoms. The molecule has 0 spiro atoms. The van der Waals surface area contributed by atoms with Crippen molar-refractivity contribution in [1.82, 2.24) is 5.32 Å². The predicted octanol–water partition coefficient (Wildman–Crippen LogP) is 1.53. The summed E-state index contributed by atoms with van der Waals surface area (Å²) in [5, 5.41) is 15.0. The number of amides is 1. The molecular formula is C13H14ClN3O2. The smallest absolute Gasteiger partial charge is 0.250 e. The minimum Gasteiger partial charge on any atom is -0.363 e. The molecule has 2 rings (SSSR count). The van der Waals surface area contributed by atoms with Gasteiger partial charge in [0.25, 0.3) is 0 Å². The molecule has 0 aliphatic carbocycles. The third-order valence-corrected chi connectivity index (χ3v) is 3.25. The summed E-state index contributed by atoms with van der Waals surface area (Å²) in [7, 11) is 0. The quantitative estimate of drug-likeness (QED) is 0.876. The van der Waals surface area contributed by atoms with E-state index in [9.17, 15) is 4.79 Å². The maximum Gasteiger partial charge on any atom is 0.250 e. The number of rotatable bonds is 4. The Morgan fingerprint density at radius 1 is 1.63 bits per heavy atom. The molecule has 6 heteroatoms. The number of hydrogen-bond donors (Lipinski definition) is 2. The second-order valence-electron chi connectivity index (χ2n) is 4.70. The van der Waals surface area contributed by atoms with Gasteiger partial charge in [0, 0.05) is 18.8 Å². The van der Waals surface area contributed by atoms with Crippen molar-refractivity contribution in [2.75, 3.05) is 25.0 Å². The van der Waals surface area contributed by atoms with Crippen molar-refractivity contribution in [2.45, 2.75) is 12.5 Å². The molecule has 1 aliphatic heterocycles. The number of carbonyl (C=O) groups excluding carboxylic acids is 1. The van der Waals surface area contributed by atoms with Gasteiger partial charge in [-0.25, -0.2) is 0 Å². The Kier molecular flexibility index (Phi) is 4.05. The van der Waals surface area contributed by atoms with Gasteiger partial charge in [-0.05, 0) is 25.1 Å². The van der Waals surface area contributed by atoms with Crippen molar-refractivity contribution in [3.05, 3.63) is 28.8 Å². The van der Waals surface area contributed by atoms with Gasteiger partial charge in [-0.3, -0.25) is 4.79 Å². The Morgan fingerprint density at radius 3 is 2.95 bits per heavy atom. The van der Waals surface area contributed by atoms with Crippen molar-refractivity contribution in [3.8, 4) is 6.07 Å². The van der Waals surface area contributed by atoms with E-state index < -0.39 is 0 Å². The lowest BCUT2D eigenvalue weighted by Crippen LogP contribution is -2.59. The van der Waals surface area contributed by atoms with Crippen LogP contribution in [-0.4, -0.2) is 31.2 Å². The van der Waals surface area contributed by atoms with E-state index in [2.05, 4.69) is 10.6 Å². The lowest BCUT2D eigenvalue weighted by molar-refractivity contribution is -0.130. The van der Waals surface area contributed by atoms with Crippen LogP contribution < -0.4 is 10.6 Å². The summed E-state index contributed by atoms with van der Waals surface area (Å²) < 4.78 is 5.51. The number of carbonyl (C=O) groups is 1. The van der Waals surface area contributed by atoms with E-state index in [-0.39, 0.29) is 18.1 Å². The molecule has 2 N–H and O–H groups in total. The Morgan fingerprint density at radius 2 is 2.37 bits per heavy atom. The molecule has 1 aromatic carbocycles. The fraction of sp³-hybridized carbons (Fsp3) is 0.385. The predicted molar refractivity (Wildman–Crippen MR) is 72.0 cm³/mol. The van der Waals surface area contributed by atoms with Crippen molar-refractivity contribution in [2.24, 2.45) is 0 Å². The van der Waals surface area contributed by atoms with E-state index in [0.717, 1.165) is 13.1 Å². The van der Waals surface area contributed by atoms with Crippen molar-refractivity contribution in [3.63, 3.8) is 0 Å². The van der Waals surface area contributed by atoms with E-state index in [0.29, 0.717) is 16.3 Å². The minimum atomic E-state index is -0.255. The van der Waals surface area contributed by atoms with Crippen LogP contribution in [-0.2, 0) is 9.53 Å². The maximum atomic E-state index is 11.7. The minimum absolute atomic E-state index is 0.0112. The van der Waals surface area contributed by atoms with Crippen LogP contribution in [0.25, 0.3) is 0 Å². The average molecular weight is 280 g/mol. The second-order valence-corrected chi connectivity index (χ2v) is 5.10. The summed E-state index contributed by atoms with van der Waals surface area (Å²) in [5.74, 6) is -0.251. The molecule has 0 saturated carbocycles. The SMILES string of the molecule is CC1(OCC(=O)Nc2ccc(Cl)c(C#N)c2)CNC1. The van der Waals surface area contributed by atoms with Crippen molar-refractivity contribution in [1.29, 1.82) is 5.26 Å². The van der Waals surface area contributed by atoms with Gasteiger partial charge >= 0.3 is 0 Å². The number of nitrogens with zero attached hydrogens (tertiary/aromatic N) is 1. The first kappa shape index (κ1) is 13.8. The van der Waals surface area contributed by atoms with Gasteiger partial charge in [0.1, 0.15) is 12.7 Å². The Labute approximate surface area is 116 Å². The number of nitriles is 1. The standard InChI is InChI=1S/C13H14ClN3O2/c1-13(7-16-8-13)19-6-12(18)17-10-2-3-11(14)9(4-10)5-15/h2-4,16H,6-8H2,1H3,(H,17,18). The summed E-state index contributed by atoms with van der Waals surface area (Å²) in [6, 6.07) is 6.72. The first-order valence-electron chi connectivity index (χ1n) is 5.87. The van der Waals surface area contributed by atoms with E-state index in [1.54, 1.807) is 12.1 Å². The molecule has 1 amide bonds. The number of benzene rings is 1. The van der Waals surface area contributed by atoms with Crippen LogP contribution >= 0.6 is 11.6 Å². The maximum absolute atomic E-state index is 11.7. The topological polar surface area (TPSA) is 74.1 Å². The third-order valence-electron chi connectivity index (χ3n) is 2.92. The number of ether oxygens (including phenoxy) is 1. The summed E-state index contributed by atoms with van der Waals surface area (Å²) >= 11 is 5.81. The third kappa shape index (κ3) is 3.44. The molecule has 0 unspecified atom stereocenters. The van der Waals surface area contributed by atoms with Gasteiger partial charge in [0.15, 0.2) is 0 Å². The lowest BCUT2D eigenvalue weighted by atomic mass is 10.0. The molecule has 1 aromatic rings. The molecule has 1 fully saturated rings. The zero-order valence-electron chi connectivity index (χ0n) is 10.5. The molecule has 100 valence electrons.